The Morgan fingerprint density at radius 3 is 2.36 bits per heavy atom. The summed E-state index contributed by atoms with van der Waals surface area (Å²) in [6.07, 6.45) is 1.34. The molecule has 0 atom stereocenters. The molecular formula is C16H13F3N2O3S. The van der Waals surface area contributed by atoms with E-state index in [1.54, 1.807) is 0 Å². The zero-order valence-electron chi connectivity index (χ0n) is 12.7. The maximum Gasteiger partial charge on any atom is 0.255 e. The van der Waals surface area contributed by atoms with Gasteiger partial charge in [0.15, 0.2) is 0 Å². The first-order valence-corrected chi connectivity index (χ1v) is 8.83. The molecule has 0 aromatic heterocycles. The van der Waals surface area contributed by atoms with Gasteiger partial charge < -0.3 is 5.32 Å². The normalized spacial score (nSPS) is 14.4. The number of rotatable bonds is 5. The summed E-state index contributed by atoms with van der Waals surface area (Å²) in [5.41, 5.74) is -0.461. The lowest BCUT2D eigenvalue weighted by molar-refractivity contribution is 0.102. The van der Waals surface area contributed by atoms with Gasteiger partial charge in [0, 0.05) is 17.7 Å². The van der Waals surface area contributed by atoms with Gasteiger partial charge >= 0.3 is 0 Å². The van der Waals surface area contributed by atoms with Crippen molar-refractivity contribution < 1.29 is 26.4 Å². The Morgan fingerprint density at radius 2 is 1.72 bits per heavy atom. The molecule has 0 saturated heterocycles. The van der Waals surface area contributed by atoms with E-state index in [1.807, 2.05) is 0 Å². The molecule has 1 aliphatic carbocycles. The molecule has 2 aromatic carbocycles. The molecule has 1 aliphatic rings. The average molecular weight is 370 g/mol. The summed E-state index contributed by atoms with van der Waals surface area (Å²) in [4.78, 5) is 11.5. The number of carbonyl (C=O) groups excluding carboxylic acids is 1. The molecule has 1 fully saturated rings. The van der Waals surface area contributed by atoms with E-state index < -0.39 is 38.3 Å². The number of carbonyl (C=O) groups is 1. The van der Waals surface area contributed by atoms with E-state index in [9.17, 15) is 26.4 Å². The maximum absolute atomic E-state index is 13.9. The van der Waals surface area contributed by atoms with Crippen LogP contribution >= 0.6 is 0 Å². The van der Waals surface area contributed by atoms with Crippen LogP contribution in [0.1, 0.15) is 23.2 Å². The van der Waals surface area contributed by atoms with E-state index in [0.717, 1.165) is 30.3 Å². The Kier molecular flexibility index (Phi) is 4.53. The van der Waals surface area contributed by atoms with Crippen molar-refractivity contribution in [3.8, 4) is 0 Å². The van der Waals surface area contributed by atoms with Gasteiger partial charge in [-0.1, -0.05) is 0 Å². The Morgan fingerprint density at radius 1 is 1.00 bits per heavy atom. The van der Waals surface area contributed by atoms with Crippen LogP contribution in [0.5, 0.6) is 0 Å². The fourth-order valence-electron chi connectivity index (χ4n) is 2.12. The van der Waals surface area contributed by atoms with E-state index in [2.05, 4.69) is 10.0 Å². The molecular weight excluding hydrogens is 357 g/mol. The molecule has 5 nitrogen and oxygen atoms in total. The Hall–Kier alpha value is -2.39. The first kappa shape index (κ1) is 17.4. The highest BCUT2D eigenvalue weighted by molar-refractivity contribution is 7.89. The molecule has 9 heteroatoms. The molecule has 0 heterocycles. The fourth-order valence-corrected chi connectivity index (χ4v) is 3.53. The second kappa shape index (κ2) is 6.49. The molecule has 0 radical (unpaired) electrons. The number of amides is 1. The van der Waals surface area contributed by atoms with Crippen molar-refractivity contribution in [2.24, 2.45) is 0 Å². The van der Waals surface area contributed by atoms with Crippen molar-refractivity contribution in [1.29, 1.82) is 0 Å². The highest BCUT2D eigenvalue weighted by Gasteiger charge is 2.30. The Labute approximate surface area is 141 Å². The molecule has 0 unspecified atom stereocenters. The molecule has 25 heavy (non-hydrogen) atoms. The zero-order valence-corrected chi connectivity index (χ0v) is 13.5. The van der Waals surface area contributed by atoms with Crippen molar-refractivity contribution >= 4 is 21.6 Å². The second-order valence-corrected chi connectivity index (χ2v) is 7.30. The minimum atomic E-state index is -4.10. The highest BCUT2D eigenvalue weighted by Crippen LogP contribution is 2.24. The third-order valence-corrected chi connectivity index (χ3v) is 5.10. The van der Waals surface area contributed by atoms with Crippen LogP contribution in [-0.2, 0) is 10.0 Å². The molecule has 0 spiro atoms. The van der Waals surface area contributed by atoms with Gasteiger partial charge in [-0.3, -0.25) is 4.79 Å². The summed E-state index contributed by atoms with van der Waals surface area (Å²) >= 11 is 0. The molecule has 3 rings (SSSR count). The minimum Gasteiger partial charge on any atom is -0.319 e. The number of hydrogen-bond donors (Lipinski definition) is 2. The number of anilines is 1. The monoisotopic (exact) mass is 370 g/mol. The summed E-state index contributed by atoms with van der Waals surface area (Å²) in [6.45, 7) is 0. The third-order valence-electron chi connectivity index (χ3n) is 3.56. The van der Waals surface area contributed by atoms with Crippen molar-refractivity contribution in [1.82, 2.24) is 4.72 Å². The number of benzene rings is 2. The van der Waals surface area contributed by atoms with Crippen LogP contribution in [0.3, 0.4) is 0 Å². The molecule has 0 bridgehead atoms. The molecule has 2 N–H and O–H groups in total. The lowest BCUT2D eigenvalue weighted by atomic mass is 10.2. The Bertz CT molecular complexity index is 944. The van der Waals surface area contributed by atoms with Crippen LogP contribution in [-0.4, -0.2) is 20.4 Å². The summed E-state index contributed by atoms with van der Waals surface area (Å²) in [5, 5.41) is 2.19. The first-order valence-electron chi connectivity index (χ1n) is 7.34. The number of sulfonamides is 1. The van der Waals surface area contributed by atoms with Crippen LogP contribution in [0.4, 0.5) is 18.9 Å². The molecule has 2 aromatic rings. The summed E-state index contributed by atoms with van der Waals surface area (Å²) in [6, 6.07) is 5.14. The van der Waals surface area contributed by atoms with E-state index in [0.29, 0.717) is 18.9 Å². The number of hydrogen-bond acceptors (Lipinski definition) is 3. The van der Waals surface area contributed by atoms with Gasteiger partial charge in [-0.25, -0.2) is 26.3 Å². The van der Waals surface area contributed by atoms with Crippen LogP contribution < -0.4 is 10.0 Å². The average Bonchev–Trinajstić information content (AvgIpc) is 3.33. The number of nitrogens with one attached hydrogen (secondary N) is 2. The molecule has 0 aliphatic heterocycles. The predicted octanol–water partition coefficient (Wildman–Crippen LogP) is 2.80. The van der Waals surface area contributed by atoms with Crippen molar-refractivity contribution in [3.05, 3.63) is 59.4 Å². The summed E-state index contributed by atoms with van der Waals surface area (Å²) < 4.78 is 67.0. The summed E-state index contributed by atoms with van der Waals surface area (Å²) in [5.74, 6) is -3.65. The van der Waals surface area contributed by atoms with E-state index in [1.165, 1.54) is 0 Å². The molecule has 1 saturated carbocycles. The van der Waals surface area contributed by atoms with E-state index in [-0.39, 0.29) is 17.3 Å². The largest absolute Gasteiger partial charge is 0.319 e. The SMILES string of the molecule is O=C(Nc1ccc(F)cc1F)c1ccc(F)c(S(=O)(=O)NC2CC2)c1. The van der Waals surface area contributed by atoms with Gasteiger partial charge in [0.25, 0.3) is 5.91 Å². The molecule has 1 amide bonds. The van der Waals surface area contributed by atoms with Gasteiger partial charge in [-0.05, 0) is 43.2 Å². The van der Waals surface area contributed by atoms with Gasteiger partial charge in [0.05, 0.1) is 5.69 Å². The quantitative estimate of drug-likeness (QED) is 0.850. The van der Waals surface area contributed by atoms with Crippen molar-refractivity contribution in [3.63, 3.8) is 0 Å². The fraction of sp³-hybridized carbons (Fsp3) is 0.188. The Balaban J connectivity index is 1.87. The van der Waals surface area contributed by atoms with Crippen LogP contribution in [0.2, 0.25) is 0 Å². The van der Waals surface area contributed by atoms with E-state index in [4.69, 9.17) is 0 Å². The van der Waals surface area contributed by atoms with E-state index >= 15 is 0 Å². The van der Waals surface area contributed by atoms with Gasteiger partial charge in [0.2, 0.25) is 10.0 Å². The van der Waals surface area contributed by atoms with Crippen molar-refractivity contribution in [2.45, 2.75) is 23.8 Å². The highest BCUT2D eigenvalue weighted by atomic mass is 32.2. The van der Waals surface area contributed by atoms with Crippen LogP contribution in [0.15, 0.2) is 41.3 Å². The topological polar surface area (TPSA) is 75.3 Å². The first-order chi connectivity index (χ1) is 11.8. The van der Waals surface area contributed by atoms with Gasteiger partial charge in [-0.2, -0.15) is 0 Å². The maximum atomic E-state index is 13.9. The number of halogens is 3. The smallest absolute Gasteiger partial charge is 0.255 e. The van der Waals surface area contributed by atoms with Crippen molar-refractivity contribution in [2.75, 3.05) is 5.32 Å². The lowest BCUT2D eigenvalue weighted by Crippen LogP contribution is -2.27. The van der Waals surface area contributed by atoms with Crippen LogP contribution in [0.25, 0.3) is 0 Å². The molecule has 132 valence electrons. The standard InChI is InChI=1S/C16H13F3N2O3S/c17-10-2-6-14(13(19)8-10)20-16(22)9-1-5-12(18)15(7-9)25(23,24)21-11-3-4-11/h1-2,5-8,11,21H,3-4H2,(H,20,22). The van der Waals surface area contributed by atoms with Gasteiger partial charge in [-0.15, -0.1) is 0 Å². The summed E-state index contributed by atoms with van der Waals surface area (Å²) in [7, 11) is -4.10. The third kappa shape index (κ3) is 3.99. The zero-order chi connectivity index (χ0) is 18.2. The van der Waals surface area contributed by atoms with Gasteiger partial charge in [0.1, 0.15) is 22.3 Å². The second-order valence-electron chi connectivity index (χ2n) is 5.62. The predicted molar refractivity (Wildman–Crippen MR) is 84.1 cm³/mol. The minimum absolute atomic E-state index is 0.179. The lowest BCUT2D eigenvalue weighted by Gasteiger charge is -2.10. The van der Waals surface area contributed by atoms with Crippen LogP contribution in [0, 0.1) is 17.5 Å².